The molecule has 0 unspecified atom stereocenters. The molecule has 0 radical (unpaired) electrons. The third kappa shape index (κ3) is 4.68. The van der Waals surface area contributed by atoms with Crippen molar-refractivity contribution in [2.45, 2.75) is 6.42 Å². The molecule has 1 saturated heterocycles. The number of nitrogens with one attached hydrogen (secondary N) is 1. The van der Waals surface area contributed by atoms with E-state index in [0.717, 1.165) is 42.8 Å². The van der Waals surface area contributed by atoms with Gasteiger partial charge < -0.3 is 15.0 Å². The van der Waals surface area contributed by atoms with Gasteiger partial charge in [0.15, 0.2) is 0 Å². The fraction of sp³-hybridized carbons (Fsp3) is 0.292. The number of benzene rings is 1. The van der Waals surface area contributed by atoms with Crippen molar-refractivity contribution in [3.63, 3.8) is 0 Å². The lowest BCUT2D eigenvalue weighted by Gasteiger charge is -2.34. The van der Waals surface area contributed by atoms with Gasteiger partial charge in [-0.3, -0.25) is 14.9 Å². The van der Waals surface area contributed by atoms with Crippen molar-refractivity contribution in [2.24, 2.45) is 0 Å². The predicted molar refractivity (Wildman–Crippen MR) is 126 cm³/mol. The zero-order chi connectivity index (χ0) is 22.6. The molecule has 9 heteroatoms. The van der Waals surface area contributed by atoms with Crippen LogP contribution < -0.4 is 10.1 Å². The quantitative estimate of drug-likeness (QED) is 0.507. The molecule has 4 heterocycles. The van der Waals surface area contributed by atoms with Gasteiger partial charge in [-0.05, 0) is 24.3 Å². The number of amides is 2. The van der Waals surface area contributed by atoms with Gasteiger partial charge in [-0.2, -0.15) is 0 Å². The highest BCUT2D eigenvalue weighted by molar-refractivity contribution is 5.98. The minimum absolute atomic E-state index is 0.143. The molecule has 3 aromatic heterocycles. The van der Waals surface area contributed by atoms with E-state index in [4.69, 9.17) is 9.72 Å². The Morgan fingerprint density at radius 2 is 1.79 bits per heavy atom. The first-order chi connectivity index (χ1) is 16.2. The molecule has 0 spiro atoms. The number of rotatable bonds is 5. The van der Waals surface area contributed by atoms with Gasteiger partial charge in [0.2, 0.25) is 5.88 Å². The van der Waals surface area contributed by atoms with Crippen LogP contribution in [0.3, 0.4) is 0 Å². The van der Waals surface area contributed by atoms with E-state index in [9.17, 15) is 4.79 Å². The molecule has 9 nitrogen and oxygen atoms in total. The summed E-state index contributed by atoms with van der Waals surface area (Å²) in [6.07, 6.45) is 4.37. The lowest BCUT2D eigenvalue weighted by molar-refractivity contribution is 0.148. The highest BCUT2D eigenvalue weighted by atomic mass is 16.5. The summed E-state index contributed by atoms with van der Waals surface area (Å²) < 4.78 is 5.27. The average molecular weight is 444 g/mol. The minimum atomic E-state index is -0.143. The number of fused-ring (bicyclic) bond motifs is 2. The van der Waals surface area contributed by atoms with Crippen LogP contribution in [-0.4, -0.2) is 75.6 Å². The van der Waals surface area contributed by atoms with Crippen molar-refractivity contribution in [3.05, 3.63) is 60.6 Å². The van der Waals surface area contributed by atoms with Gasteiger partial charge >= 0.3 is 6.03 Å². The lowest BCUT2D eigenvalue weighted by atomic mass is 10.2. The van der Waals surface area contributed by atoms with Gasteiger partial charge in [-0.25, -0.2) is 14.8 Å². The summed E-state index contributed by atoms with van der Waals surface area (Å²) in [5.41, 5.74) is 4.73. The first-order valence-corrected chi connectivity index (χ1v) is 11.0. The first-order valence-electron chi connectivity index (χ1n) is 11.0. The summed E-state index contributed by atoms with van der Waals surface area (Å²) in [5.74, 6) is 0.437. The molecule has 0 atom stereocenters. The molecule has 168 valence electrons. The van der Waals surface area contributed by atoms with Crippen LogP contribution in [0, 0.1) is 0 Å². The number of urea groups is 1. The van der Waals surface area contributed by atoms with E-state index in [1.54, 1.807) is 19.4 Å². The Labute approximate surface area is 191 Å². The van der Waals surface area contributed by atoms with Gasteiger partial charge in [0.05, 0.1) is 35.0 Å². The molecular formula is C24H25N7O2. The Balaban J connectivity index is 1.17. The van der Waals surface area contributed by atoms with Crippen molar-refractivity contribution >= 4 is 33.8 Å². The number of carbonyl (C=O) groups excluding carboxylic acids is 1. The summed E-state index contributed by atoms with van der Waals surface area (Å²) in [4.78, 5) is 35.0. The fourth-order valence-electron chi connectivity index (χ4n) is 3.99. The number of anilines is 1. The molecule has 1 fully saturated rings. The number of para-hydroxylation sites is 2. The molecule has 0 saturated carbocycles. The maximum Gasteiger partial charge on any atom is 0.321 e. The van der Waals surface area contributed by atoms with Gasteiger partial charge in [0, 0.05) is 57.6 Å². The summed E-state index contributed by atoms with van der Waals surface area (Å²) in [6.45, 7) is 3.82. The van der Waals surface area contributed by atoms with Crippen LogP contribution in [0.25, 0.3) is 22.1 Å². The van der Waals surface area contributed by atoms with E-state index in [1.165, 1.54) is 0 Å². The van der Waals surface area contributed by atoms with Gasteiger partial charge in [-0.1, -0.05) is 12.1 Å². The van der Waals surface area contributed by atoms with E-state index < -0.39 is 0 Å². The number of ether oxygens (including phenoxy) is 1. The smallest absolute Gasteiger partial charge is 0.321 e. The van der Waals surface area contributed by atoms with E-state index in [1.807, 2.05) is 47.5 Å². The summed E-state index contributed by atoms with van der Waals surface area (Å²) >= 11 is 0. The zero-order valence-corrected chi connectivity index (χ0v) is 18.4. The maximum atomic E-state index is 12.9. The van der Waals surface area contributed by atoms with Crippen molar-refractivity contribution in [1.82, 2.24) is 29.7 Å². The van der Waals surface area contributed by atoms with Gasteiger partial charge in [0.25, 0.3) is 0 Å². The zero-order valence-electron chi connectivity index (χ0n) is 18.4. The number of carbonyl (C=O) groups is 1. The Morgan fingerprint density at radius 1 is 1.00 bits per heavy atom. The number of methoxy groups -OCH3 is 1. The molecular weight excluding hydrogens is 418 g/mol. The van der Waals surface area contributed by atoms with E-state index in [-0.39, 0.29) is 6.03 Å². The molecule has 4 aromatic rings. The highest BCUT2D eigenvalue weighted by Crippen LogP contribution is 2.25. The second kappa shape index (κ2) is 9.33. The van der Waals surface area contributed by atoms with Crippen LogP contribution >= 0.6 is 0 Å². The van der Waals surface area contributed by atoms with E-state index in [2.05, 4.69) is 25.2 Å². The van der Waals surface area contributed by atoms with Crippen molar-refractivity contribution in [1.29, 1.82) is 0 Å². The number of aromatic nitrogens is 4. The topological polar surface area (TPSA) is 96.4 Å². The van der Waals surface area contributed by atoms with Crippen LogP contribution in [0.1, 0.15) is 5.69 Å². The third-order valence-corrected chi connectivity index (χ3v) is 5.83. The van der Waals surface area contributed by atoms with E-state index >= 15 is 0 Å². The lowest BCUT2D eigenvalue weighted by Crippen LogP contribution is -2.50. The van der Waals surface area contributed by atoms with Crippen LogP contribution in [0.4, 0.5) is 10.5 Å². The van der Waals surface area contributed by atoms with Crippen molar-refractivity contribution < 1.29 is 9.53 Å². The normalized spacial score (nSPS) is 14.5. The molecule has 1 aliphatic heterocycles. The van der Waals surface area contributed by atoms with Crippen molar-refractivity contribution in [2.75, 3.05) is 45.2 Å². The standard InChI is InChI=1S/C24H25N7O2/c1-33-22-15-21(23-20(28-22)7-4-9-25-23)29-24(32)31-13-11-30(12-14-31)10-8-17-16-26-18-5-2-3-6-19(18)27-17/h2-7,9,15-16H,8,10-14H2,1H3,(H,28,29,32). The van der Waals surface area contributed by atoms with Crippen LogP contribution in [-0.2, 0) is 6.42 Å². The molecule has 0 aliphatic carbocycles. The second-order valence-corrected chi connectivity index (χ2v) is 7.94. The van der Waals surface area contributed by atoms with Crippen LogP contribution in [0.15, 0.2) is 54.9 Å². The van der Waals surface area contributed by atoms with Gasteiger partial charge in [0.1, 0.15) is 5.52 Å². The molecule has 1 aliphatic rings. The molecule has 0 bridgehead atoms. The first kappa shape index (κ1) is 21.0. The Hall–Kier alpha value is -3.85. The predicted octanol–water partition coefficient (Wildman–Crippen LogP) is 2.97. The fourth-order valence-corrected chi connectivity index (χ4v) is 3.99. The van der Waals surface area contributed by atoms with Gasteiger partial charge in [-0.15, -0.1) is 0 Å². The third-order valence-electron chi connectivity index (χ3n) is 5.83. The largest absolute Gasteiger partial charge is 0.481 e. The Kier molecular flexibility index (Phi) is 5.95. The number of hydrogen-bond acceptors (Lipinski definition) is 7. The molecule has 33 heavy (non-hydrogen) atoms. The summed E-state index contributed by atoms with van der Waals surface area (Å²) in [7, 11) is 1.55. The van der Waals surface area contributed by atoms with Crippen LogP contribution in [0.2, 0.25) is 0 Å². The maximum absolute atomic E-state index is 12.9. The van der Waals surface area contributed by atoms with E-state index in [0.29, 0.717) is 35.7 Å². The SMILES string of the molecule is COc1cc(NC(=O)N2CCN(CCc3cnc4ccccc4n3)CC2)c2ncccc2n1. The Bertz CT molecular complexity index is 1290. The van der Waals surface area contributed by atoms with Crippen molar-refractivity contribution in [3.8, 4) is 5.88 Å². The number of piperazine rings is 1. The molecule has 2 amide bonds. The highest BCUT2D eigenvalue weighted by Gasteiger charge is 2.22. The summed E-state index contributed by atoms with van der Waals surface area (Å²) in [6, 6.07) is 13.1. The molecule has 1 N–H and O–H groups in total. The summed E-state index contributed by atoms with van der Waals surface area (Å²) in [5, 5.41) is 2.99. The molecule has 5 rings (SSSR count). The number of nitrogens with zero attached hydrogens (tertiary/aromatic N) is 6. The number of pyridine rings is 2. The molecule has 1 aromatic carbocycles. The second-order valence-electron chi connectivity index (χ2n) is 7.94. The average Bonchev–Trinajstić information content (AvgIpc) is 2.87. The minimum Gasteiger partial charge on any atom is -0.481 e. The monoisotopic (exact) mass is 443 g/mol. The van der Waals surface area contributed by atoms with Crippen LogP contribution in [0.5, 0.6) is 5.88 Å². The number of hydrogen-bond donors (Lipinski definition) is 1. The Morgan fingerprint density at radius 3 is 2.61 bits per heavy atom.